The summed E-state index contributed by atoms with van der Waals surface area (Å²) >= 11 is 0. The van der Waals surface area contributed by atoms with Crippen LogP contribution in [0, 0.1) is 24.0 Å². The Hall–Kier alpha value is -1.95. The molecule has 1 aromatic carbocycles. The fourth-order valence-corrected chi connectivity index (χ4v) is 2.21. The minimum atomic E-state index is -0.707. The molecule has 0 radical (unpaired) electrons. The van der Waals surface area contributed by atoms with Crippen LogP contribution in [0.2, 0.25) is 0 Å². The van der Waals surface area contributed by atoms with Gasteiger partial charge in [0.25, 0.3) is 0 Å². The second-order valence-corrected chi connectivity index (χ2v) is 5.24. The van der Waals surface area contributed by atoms with Crippen LogP contribution in [0.4, 0.5) is 13.2 Å². The number of terminal acetylenes is 1. The fourth-order valence-electron chi connectivity index (χ4n) is 2.21. The predicted octanol–water partition coefficient (Wildman–Crippen LogP) is 5.89. The lowest BCUT2D eigenvalue weighted by Gasteiger charge is -2.04. The summed E-state index contributed by atoms with van der Waals surface area (Å²) in [6.45, 7) is 2.12. The highest BCUT2D eigenvalue weighted by molar-refractivity contribution is 5.30. The molecule has 118 valence electrons. The molecule has 0 saturated heterocycles. The monoisotopic (exact) mass is 306 g/mol. The van der Waals surface area contributed by atoms with E-state index in [4.69, 9.17) is 6.42 Å². The molecule has 0 atom stereocenters. The van der Waals surface area contributed by atoms with Crippen LogP contribution in [-0.2, 0) is 6.42 Å². The zero-order valence-corrected chi connectivity index (χ0v) is 12.8. The van der Waals surface area contributed by atoms with Crippen molar-refractivity contribution in [1.82, 2.24) is 0 Å². The van der Waals surface area contributed by atoms with Gasteiger partial charge < -0.3 is 0 Å². The quantitative estimate of drug-likeness (QED) is 0.319. The van der Waals surface area contributed by atoms with Crippen LogP contribution in [0.3, 0.4) is 0 Å². The molecular weight excluding hydrogens is 285 g/mol. The number of allylic oxidation sites excluding steroid dienone is 4. The third-order valence-corrected chi connectivity index (χ3v) is 3.23. The van der Waals surface area contributed by atoms with Gasteiger partial charge in [-0.15, -0.1) is 6.42 Å². The maximum Gasteiger partial charge on any atom is 0.126 e. The van der Waals surface area contributed by atoms with Crippen LogP contribution < -0.4 is 0 Å². The van der Waals surface area contributed by atoms with Gasteiger partial charge in [-0.25, -0.2) is 13.2 Å². The van der Waals surface area contributed by atoms with Crippen molar-refractivity contribution in [2.75, 3.05) is 0 Å². The molecule has 0 fully saturated rings. The van der Waals surface area contributed by atoms with E-state index in [1.165, 1.54) is 12.2 Å². The Balaban J connectivity index is 2.70. The molecule has 0 aliphatic rings. The summed E-state index contributed by atoms with van der Waals surface area (Å²) in [4.78, 5) is 0. The normalized spacial score (nSPS) is 12.3. The summed E-state index contributed by atoms with van der Waals surface area (Å²) in [5.41, 5.74) is 0.991. The van der Waals surface area contributed by atoms with Gasteiger partial charge in [-0.1, -0.05) is 32.1 Å². The first-order valence-electron chi connectivity index (χ1n) is 7.51. The van der Waals surface area contributed by atoms with E-state index in [2.05, 4.69) is 12.8 Å². The number of benzene rings is 1. The van der Waals surface area contributed by atoms with Crippen molar-refractivity contribution in [1.29, 1.82) is 0 Å². The second-order valence-electron chi connectivity index (χ2n) is 5.24. The molecule has 0 aliphatic carbocycles. The molecule has 0 aromatic heterocycles. The van der Waals surface area contributed by atoms with E-state index in [-0.39, 0.29) is 12.0 Å². The van der Waals surface area contributed by atoms with Gasteiger partial charge in [-0.05, 0) is 48.3 Å². The second kappa shape index (κ2) is 9.89. The van der Waals surface area contributed by atoms with Gasteiger partial charge in [0, 0.05) is 12.5 Å². The Morgan fingerprint density at radius 3 is 2.41 bits per heavy atom. The standard InChI is InChI=1S/C19H21F3/c1-3-5-6-7-9-15(8-4-2)10-17(20)11-16-12-18(21)14-19(22)13-16/h2,8,10,12-14H,3,5-7,9,11H2,1H3/b15-8-,17-10+. The highest BCUT2D eigenvalue weighted by Gasteiger charge is 2.05. The smallest absolute Gasteiger partial charge is 0.126 e. The van der Waals surface area contributed by atoms with Crippen molar-refractivity contribution >= 4 is 0 Å². The molecule has 22 heavy (non-hydrogen) atoms. The van der Waals surface area contributed by atoms with Gasteiger partial charge in [0.2, 0.25) is 0 Å². The van der Waals surface area contributed by atoms with Gasteiger partial charge in [0.15, 0.2) is 0 Å². The first kappa shape index (κ1) is 18.1. The zero-order valence-electron chi connectivity index (χ0n) is 12.8. The van der Waals surface area contributed by atoms with Crippen molar-refractivity contribution in [3.05, 3.63) is 58.9 Å². The van der Waals surface area contributed by atoms with Crippen LogP contribution in [0.1, 0.15) is 44.6 Å². The summed E-state index contributed by atoms with van der Waals surface area (Å²) in [5.74, 6) is 0.533. The van der Waals surface area contributed by atoms with Crippen molar-refractivity contribution in [3.63, 3.8) is 0 Å². The Labute approximate surface area is 130 Å². The number of rotatable bonds is 8. The number of unbranched alkanes of at least 4 members (excludes halogenated alkanes) is 3. The summed E-state index contributed by atoms with van der Waals surface area (Å²) < 4.78 is 40.2. The van der Waals surface area contributed by atoms with E-state index >= 15 is 0 Å². The topological polar surface area (TPSA) is 0 Å². The molecule has 0 bridgehead atoms. The molecule has 0 heterocycles. The van der Waals surface area contributed by atoms with Crippen molar-refractivity contribution in [2.45, 2.75) is 45.4 Å². The van der Waals surface area contributed by atoms with Crippen molar-refractivity contribution in [2.24, 2.45) is 0 Å². The minimum absolute atomic E-state index is 0.147. The van der Waals surface area contributed by atoms with Gasteiger partial charge in [-0.3, -0.25) is 0 Å². The maximum atomic E-state index is 14.0. The average Bonchev–Trinajstić information content (AvgIpc) is 2.42. The van der Waals surface area contributed by atoms with E-state index < -0.39 is 17.5 Å². The lowest BCUT2D eigenvalue weighted by molar-refractivity contribution is 0.573. The van der Waals surface area contributed by atoms with Gasteiger partial charge >= 0.3 is 0 Å². The summed E-state index contributed by atoms with van der Waals surface area (Å²) in [6.07, 6.45) is 13.0. The molecule has 3 heteroatoms. The van der Waals surface area contributed by atoms with Crippen LogP contribution in [0.15, 0.2) is 41.8 Å². The number of hydrogen-bond donors (Lipinski definition) is 0. The van der Waals surface area contributed by atoms with E-state index in [1.807, 2.05) is 0 Å². The maximum absolute atomic E-state index is 14.0. The zero-order chi connectivity index (χ0) is 16.4. The Morgan fingerprint density at radius 1 is 1.14 bits per heavy atom. The van der Waals surface area contributed by atoms with Crippen LogP contribution >= 0.6 is 0 Å². The molecule has 0 spiro atoms. The molecule has 0 N–H and O–H groups in total. The van der Waals surface area contributed by atoms with Crippen LogP contribution in [0.5, 0.6) is 0 Å². The Kier molecular flexibility index (Phi) is 8.14. The highest BCUT2D eigenvalue weighted by atomic mass is 19.1. The minimum Gasteiger partial charge on any atom is -0.211 e. The Bertz CT molecular complexity index is 557. The van der Waals surface area contributed by atoms with Crippen LogP contribution in [0.25, 0.3) is 0 Å². The largest absolute Gasteiger partial charge is 0.211 e. The average molecular weight is 306 g/mol. The molecular formula is C19H21F3. The molecule has 1 aromatic rings. The first-order chi connectivity index (χ1) is 10.5. The van der Waals surface area contributed by atoms with E-state index in [0.717, 1.165) is 49.5 Å². The summed E-state index contributed by atoms with van der Waals surface area (Å²) in [7, 11) is 0. The van der Waals surface area contributed by atoms with Gasteiger partial charge in [0.1, 0.15) is 17.5 Å². The molecule has 0 amide bonds. The molecule has 1 rings (SSSR count). The Morgan fingerprint density at radius 2 is 1.82 bits per heavy atom. The number of halogens is 3. The first-order valence-corrected chi connectivity index (χ1v) is 7.51. The predicted molar refractivity (Wildman–Crippen MR) is 84.9 cm³/mol. The van der Waals surface area contributed by atoms with E-state index in [9.17, 15) is 13.2 Å². The van der Waals surface area contributed by atoms with Gasteiger partial charge in [0.05, 0.1) is 0 Å². The number of hydrogen-bond acceptors (Lipinski definition) is 0. The lowest BCUT2D eigenvalue weighted by Crippen LogP contribution is -1.91. The third-order valence-electron chi connectivity index (χ3n) is 3.23. The van der Waals surface area contributed by atoms with E-state index in [0.29, 0.717) is 6.42 Å². The van der Waals surface area contributed by atoms with Gasteiger partial charge in [-0.2, -0.15) is 0 Å². The van der Waals surface area contributed by atoms with Crippen molar-refractivity contribution < 1.29 is 13.2 Å². The summed E-state index contributed by atoms with van der Waals surface area (Å²) in [6, 6.07) is 3.02. The molecule has 0 unspecified atom stereocenters. The molecule has 0 saturated carbocycles. The van der Waals surface area contributed by atoms with E-state index in [1.54, 1.807) is 0 Å². The van der Waals surface area contributed by atoms with Crippen LogP contribution in [-0.4, -0.2) is 0 Å². The summed E-state index contributed by atoms with van der Waals surface area (Å²) in [5, 5.41) is 0. The fraction of sp³-hybridized carbons (Fsp3) is 0.368. The van der Waals surface area contributed by atoms with Crippen molar-refractivity contribution in [3.8, 4) is 12.3 Å². The molecule has 0 nitrogen and oxygen atoms in total. The highest BCUT2D eigenvalue weighted by Crippen LogP contribution is 2.18. The SMILES string of the molecule is C#C/C=C(\C=C(\F)Cc1cc(F)cc(F)c1)CCCCCC. The third kappa shape index (κ3) is 7.17. The molecule has 0 aliphatic heterocycles. The lowest BCUT2D eigenvalue weighted by atomic mass is 10.0.